The van der Waals surface area contributed by atoms with Gasteiger partial charge in [0.2, 0.25) is 0 Å². The molecule has 1 rings (SSSR count). The lowest BCUT2D eigenvalue weighted by Gasteiger charge is -2.20. The van der Waals surface area contributed by atoms with Gasteiger partial charge in [-0.1, -0.05) is 0 Å². The van der Waals surface area contributed by atoms with Crippen molar-refractivity contribution in [3.63, 3.8) is 0 Å². The highest BCUT2D eigenvalue weighted by Crippen LogP contribution is 2.27. The third kappa shape index (κ3) is 5.30. The maximum absolute atomic E-state index is 11.7. The lowest BCUT2D eigenvalue weighted by Crippen LogP contribution is -2.43. The first-order chi connectivity index (χ1) is 9.35. The Morgan fingerprint density at radius 3 is 2.50 bits per heavy atom. The third-order valence-electron chi connectivity index (χ3n) is 2.28. The van der Waals surface area contributed by atoms with Crippen LogP contribution in [-0.4, -0.2) is 30.9 Å². The normalized spacial score (nSPS) is 10.8. The van der Waals surface area contributed by atoms with E-state index in [9.17, 15) is 9.59 Å². The highest BCUT2D eigenvalue weighted by molar-refractivity contribution is 5.79. The molecule has 1 N–H and O–H groups in total. The van der Waals surface area contributed by atoms with Crippen molar-refractivity contribution >= 4 is 12.2 Å². The van der Waals surface area contributed by atoms with Crippen LogP contribution in [-0.2, 0) is 4.79 Å². The van der Waals surface area contributed by atoms with Crippen LogP contribution in [0.15, 0.2) is 18.2 Å². The minimum Gasteiger partial charge on any atom is -0.490 e. The number of hydrogen-bond donors (Lipinski definition) is 1. The first-order valence-electron chi connectivity index (χ1n) is 6.51. The van der Waals surface area contributed by atoms with E-state index in [4.69, 9.17) is 9.47 Å². The molecule has 20 heavy (non-hydrogen) atoms. The van der Waals surface area contributed by atoms with E-state index in [1.807, 2.05) is 27.7 Å². The zero-order valence-corrected chi connectivity index (χ0v) is 12.4. The topological polar surface area (TPSA) is 64.6 Å². The van der Waals surface area contributed by atoms with E-state index in [-0.39, 0.29) is 18.1 Å². The minimum absolute atomic E-state index is 0.0994. The Hall–Kier alpha value is -2.04. The van der Waals surface area contributed by atoms with Crippen molar-refractivity contribution in [2.45, 2.75) is 33.2 Å². The maximum Gasteiger partial charge on any atom is 0.258 e. The summed E-state index contributed by atoms with van der Waals surface area (Å²) in [5, 5.41) is 2.80. The van der Waals surface area contributed by atoms with Gasteiger partial charge in [-0.2, -0.15) is 0 Å². The summed E-state index contributed by atoms with van der Waals surface area (Å²) in [5.74, 6) is 0.696. The SMILES string of the molecule is CCOc1cc(C=O)ccc1OCC(=O)NC(C)(C)C. The molecule has 0 spiro atoms. The van der Waals surface area contributed by atoms with Crippen LogP contribution in [0.1, 0.15) is 38.1 Å². The van der Waals surface area contributed by atoms with E-state index in [0.29, 0.717) is 23.7 Å². The van der Waals surface area contributed by atoms with Gasteiger partial charge in [0, 0.05) is 11.1 Å². The Kier molecular flexibility index (Phi) is 5.55. The Labute approximate surface area is 119 Å². The molecule has 0 saturated carbocycles. The molecule has 0 radical (unpaired) electrons. The molecule has 0 aliphatic carbocycles. The number of aldehydes is 1. The first-order valence-corrected chi connectivity index (χ1v) is 6.51. The number of rotatable bonds is 6. The van der Waals surface area contributed by atoms with Gasteiger partial charge < -0.3 is 14.8 Å². The summed E-state index contributed by atoms with van der Waals surface area (Å²) in [6.07, 6.45) is 0.735. The predicted molar refractivity (Wildman–Crippen MR) is 76.4 cm³/mol. The first kappa shape index (κ1) is 16.0. The second-order valence-electron chi connectivity index (χ2n) is 5.34. The van der Waals surface area contributed by atoms with Crippen LogP contribution < -0.4 is 14.8 Å². The highest BCUT2D eigenvalue weighted by atomic mass is 16.5. The van der Waals surface area contributed by atoms with Crippen molar-refractivity contribution in [2.24, 2.45) is 0 Å². The van der Waals surface area contributed by atoms with Crippen molar-refractivity contribution in [1.82, 2.24) is 5.32 Å². The van der Waals surface area contributed by atoms with Gasteiger partial charge in [0.05, 0.1) is 6.61 Å². The van der Waals surface area contributed by atoms with Crippen LogP contribution in [0.25, 0.3) is 0 Å². The molecule has 5 nitrogen and oxygen atoms in total. The van der Waals surface area contributed by atoms with E-state index in [2.05, 4.69) is 5.32 Å². The summed E-state index contributed by atoms with van der Waals surface area (Å²) in [7, 11) is 0. The van der Waals surface area contributed by atoms with Crippen molar-refractivity contribution in [3.05, 3.63) is 23.8 Å². The number of benzene rings is 1. The van der Waals surface area contributed by atoms with Crippen molar-refractivity contribution in [3.8, 4) is 11.5 Å². The van der Waals surface area contributed by atoms with Gasteiger partial charge in [0.15, 0.2) is 18.1 Å². The van der Waals surface area contributed by atoms with Crippen molar-refractivity contribution in [1.29, 1.82) is 0 Å². The van der Waals surface area contributed by atoms with E-state index in [0.717, 1.165) is 6.29 Å². The fourth-order valence-electron chi connectivity index (χ4n) is 1.58. The van der Waals surface area contributed by atoms with E-state index >= 15 is 0 Å². The standard InChI is InChI=1S/C15H21NO4/c1-5-19-13-8-11(9-17)6-7-12(13)20-10-14(18)16-15(2,3)4/h6-9H,5,10H2,1-4H3,(H,16,18). The molecule has 0 fully saturated rings. The molecule has 0 saturated heterocycles. The molecule has 0 bridgehead atoms. The van der Waals surface area contributed by atoms with Gasteiger partial charge in [-0.3, -0.25) is 9.59 Å². The molecule has 0 aromatic heterocycles. The Balaban J connectivity index is 2.71. The molecule has 5 heteroatoms. The summed E-state index contributed by atoms with van der Waals surface area (Å²) in [5.41, 5.74) is 0.199. The fourth-order valence-corrected chi connectivity index (χ4v) is 1.58. The second kappa shape index (κ2) is 6.93. The van der Waals surface area contributed by atoms with Gasteiger partial charge >= 0.3 is 0 Å². The number of ether oxygens (including phenoxy) is 2. The molecule has 0 unspecified atom stereocenters. The summed E-state index contributed by atoms with van der Waals surface area (Å²) in [6.45, 7) is 7.88. The number of carbonyl (C=O) groups excluding carboxylic acids is 2. The summed E-state index contributed by atoms with van der Waals surface area (Å²) >= 11 is 0. The van der Waals surface area contributed by atoms with Gasteiger partial charge in [-0.05, 0) is 45.9 Å². The van der Waals surface area contributed by atoms with Gasteiger partial charge in [-0.25, -0.2) is 0 Å². The molecule has 0 aliphatic heterocycles. The summed E-state index contributed by atoms with van der Waals surface area (Å²) < 4.78 is 10.8. The molecular weight excluding hydrogens is 258 g/mol. The zero-order valence-electron chi connectivity index (χ0n) is 12.4. The lowest BCUT2D eigenvalue weighted by atomic mass is 10.1. The number of nitrogens with one attached hydrogen (secondary N) is 1. The maximum atomic E-state index is 11.7. The molecule has 1 aromatic rings. The summed E-state index contributed by atoms with van der Waals surface area (Å²) in [4.78, 5) is 22.4. The summed E-state index contributed by atoms with van der Waals surface area (Å²) in [6, 6.07) is 4.83. The second-order valence-corrected chi connectivity index (χ2v) is 5.34. The molecule has 0 atom stereocenters. The minimum atomic E-state index is -0.301. The Bertz CT molecular complexity index is 477. The van der Waals surface area contributed by atoms with Crippen LogP contribution in [0.2, 0.25) is 0 Å². The number of carbonyl (C=O) groups is 2. The van der Waals surface area contributed by atoms with Crippen molar-refractivity contribution < 1.29 is 19.1 Å². The van der Waals surface area contributed by atoms with E-state index < -0.39 is 0 Å². The number of hydrogen-bond acceptors (Lipinski definition) is 4. The quantitative estimate of drug-likeness (QED) is 0.811. The highest BCUT2D eigenvalue weighted by Gasteiger charge is 2.15. The van der Waals surface area contributed by atoms with Gasteiger partial charge in [0.1, 0.15) is 6.29 Å². The Morgan fingerprint density at radius 2 is 1.95 bits per heavy atom. The molecule has 1 amide bonds. The molecule has 110 valence electrons. The van der Waals surface area contributed by atoms with Gasteiger partial charge in [-0.15, -0.1) is 0 Å². The lowest BCUT2D eigenvalue weighted by molar-refractivity contribution is -0.124. The van der Waals surface area contributed by atoms with Gasteiger partial charge in [0.25, 0.3) is 5.91 Å². The largest absolute Gasteiger partial charge is 0.490 e. The van der Waals surface area contributed by atoms with E-state index in [1.165, 1.54) is 0 Å². The monoisotopic (exact) mass is 279 g/mol. The van der Waals surface area contributed by atoms with Crippen LogP contribution in [0.3, 0.4) is 0 Å². The number of amides is 1. The van der Waals surface area contributed by atoms with Crippen LogP contribution in [0, 0.1) is 0 Å². The fraction of sp³-hybridized carbons (Fsp3) is 0.467. The average Bonchev–Trinajstić information content (AvgIpc) is 2.35. The smallest absolute Gasteiger partial charge is 0.258 e. The molecular formula is C15H21NO4. The molecule has 0 heterocycles. The third-order valence-corrected chi connectivity index (χ3v) is 2.28. The van der Waals surface area contributed by atoms with Crippen LogP contribution in [0.5, 0.6) is 11.5 Å². The average molecular weight is 279 g/mol. The van der Waals surface area contributed by atoms with Crippen LogP contribution in [0.4, 0.5) is 0 Å². The molecule has 1 aromatic carbocycles. The predicted octanol–water partition coefficient (Wildman–Crippen LogP) is 2.19. The van der Waals surface area contributed by atoms with Crippen molar-refractivity contribution in [2.75, 3.05) is 13.2 Å². The zero-order chi connectivity index (χ0) is 15.2. The van der Waals surface area contributed by atoms with Crippen LogP contribution >= 0.6 is 0 Å². The molecule has 0 aliphatic rings. The van der Waals surface area contributed by atoms with E-state index in [1.54, 1.807) is 18.2 Å². The Morgan fingerprint density at radius 1 is 1.25 bits per heavy atom.